The number of nitro groups is 1. The van der Waals surface area contributed by atoms with Gasteiger partial charge in [-0.1, -0.05) is 51.6 Å². The van der Waals surface area contributed by atoms with Crippen LogP contribution >= 0.6 is 11.8 Å². The number of hydrogen-bond donors (Lipinski definition) is 2. The number of nitro benzene ring substituents is 1. The summed E-state index contributed by atoms with van der Waals surface area (Å²) >= 11 is 1.48. The van der Waals surface area contributed by atoms with E-state index in [1.807, 2.05) is 13.8 Å². The average molecular weight is 455 g/mol. The van der Waals surface area contributed by atoms with Crippen molar-refractivity contribution in [2.24, 2.45) is 5.41 Å². The molecule has 1 aromatic heterocycles. The first-order valence-electron chi connectivity index (χ1n) is 10.7. The minimum Gasteiger partial charge on any atom is -0.343 e. The van der Waals surface area contributed by atoms with Crippen LogP contribution in [0.1, 0.15) is 64.0 Å². The van der Waals surface area contributed by atoms with Gasteiger partial charge in [0.15, 0.2) is 10.9 Å². The number of carbonyl (C=O) groups is 1. The maximum atomic E-state index is 13.3. The Balaban J connectivity index is 1.93. The van der Waals surface area contributed by atoms with Gasteiger partial charge in [-0.3, -0.25) is 19.7 Å². The van der Waals surface area contributed by atoms with Gasteiger partial charge < -0.3 is 10.3 Å². The number of H-pyrrole nitrogens is 1. The predicted octanol–water partition coefficient (Wildman–Crippen LogP) is 4.77. The van der Waals surface area contributed by atoms with Gasteiger partial charge in [0.2, 0.25) is 0 Å². The lowest BCUT2D eigenvalue weighted by Gasteiger charge is -2.38. The molecule has 0 amide bonds. The number of rotatable bonds is 5. The van der Waals surface area contributed by atoms with Crippen LogP contribution in [0.25, 0.3) is 0 Å². The van der Waals surface area contributed by atoms with Crippen LogP contribution in [0.5, 0.6) is 0 Å². The van der Waals surface area contributed by atoms with Crippen molar-refractivity contribution in [1.82, 2.24) is 9.97 Å². The van der Waals surface area contributed by atoms with Crippen molar-refractivity contribution < 1.29 is 9.72 Å². The Morgan fingerprint density at radius 3 is 2.75 bits per heavy atom. The summed E-state index contributed by atoms with van der Waals surface area (Å²) in [5, 5.41) is 15.5. The SMILES string of the molecule is CCC(C)Sc1nc2c(c(=O)[nH]1)C(c1cccc([N+](=O)[O-])c1)C1=C(CC(C)(C)CC1=O)N2. The van der Waals surface area contributed by atoms with Crippen LogP contribution in [0.2, 0.25) is 0 Å². The fourth-order valence-electron chi connectivity index (χ4n) is 4.37. The van der Waals surface area contributed by atoms with Crippen molar-refractivity contribution in [2.45, 2.75) is 63.3 Å². The van der Waals surface area contributed by atoms with Gasteiger partial charge in [-0.05, 0) is 23.8 Å². The van der Waals surface area contributed by atoms with E-state index in [1.165, 1.54) is 23.9 Å². The molecule has 8 nitrogen and oxygen atoms in total. The molecule has 0 radical (unpaired) electrons. The first-order valence-corrected chi connectivity index (χ1v) is 11.6. The molecule has 168 valence electrons. The number of fused-ring (bicyclic) bond motifs is 1. The largest absolute Gasteiger partial charge is 0.343 e. The summed E-state index contributed by atoms with van der Waals surface area (Å²) < 4.78 is 0. The molecule has 2 aliphatic rings. The number of aromatic nitrogens is 2. The second kappa shape index (κ2) is 8.20. The van der Waals surface area contributed by atoms with Gasteiger partial charge in [0.05, 0.1) is 10.5 Å². The molecule has 0 fully saturated rings. The molecule has 1 aromatic carbocycles. The van der Waals surface area contributed by atoms with E-state index in [9.17, 15) is 19.7 Å². The maximum absolute atomic E-state index is 13.3. The van der Waals surface area contributed by atoms with Gasteiger partial charge in [0.1, 0.15) is 5.82 Å². The molecule has 2 N–H and O–H groups in total. The number of ketones is 1. The van der Waals surface area contributed by atoms with E-state index in [4.69, 9.17) is 0 Å². The Morgan fingerprint density at radius 1 is 1.31 bits per heavy atom. The number of benzene rings is 1. The quantitative estimate of drug-likeness (QED) is 0.289. The second-order valence-corrected chi connectivity index (χ2v) is 10.6. The predicted molar refractivity (Wildman–Crippen MR) is 124 cm³/mol. The van der Waals surface area contributed by atoms with Crippen LogP contribution in [-0.2, 0) is 4.79 Å². The van der Waals surface area contributed by atoms with Crippen LogP contribution in [0, 0.1) is 15.5 Å². The van der Waals surface area contributed by atoms with Crippen molar-refractivity contribution in [3.63, 3.8) is 0 Å². The van der Waals surface area contributed by atoms with Crippen LogP contribution in [-0.4, -0.2) is 25.9 Å². The molecule has 1 aliphatic carbocycles. The number of non-ortho nitro benzene ring substituents is 1. The van der Waals surface area contributed by atoms with E-state index in [-0.39, 0.29) is 27.7 Å². The molecule has 1 aliphatic heterocycles. The first kappa shape index (κ1) is 22.3. The zero-order valence-corrected chi connectivity index (χ0v) is 19.3. The number of aromatic amines is 1. The van der Waals surface area contributed by atoms with Crippen molar-refractivity contribution in [3.05, 3.63) is 67.1 Å². The van der Waals surface area contributed by atoms with Gasteiger partial charge in [0.25, 0.3) is 11.2 Å². The summed E-state index contributed by atoms with van der Waals surface area (Å²) in [4.78, 5) is 44.9. The Kier molecular flexibility index (Phi) is 5.70. The van der Waals surface area contributed by atoms with Crippen LogP contribution in [0.3, 0.4) is 0 Å². The van der Waals surface area contributed by atoms with Gasteiger partial charge in [-0.25, -0.2) is 4.98 Å². The third-order valence-corrected chi connectivity index (χ3v) is 7.15. The minimum atomic E-state index is -0.705. The Labute approximate surface area is 190 Å². The minimum absolute atomic E-state index is 0.0524. The molecule has 4 rings (SSSR count). The van der Waals surface area contributed by atoms with E-state index in [2.05, 4.69) is 29.1 Å². The summed E-state index contributed by atoms with van der Waals surface area (Å²) in [6.07, 6.45) is 1.90. The van der Waals surface area contributed by atoms with E-state index in [0.29, 0.717) is 40.5 Å². The number of Topliss-reactive ketones (excluding diaryl/α,β-unsaturated/α-hetero) is 1. The van der Waals surface area contributed by atoms with Crippen molar-refractivity contribution in [1.29, 1.82) is 0 Å². The lowest BCUT2D eigenvalue weighted by atomic mass is 9.69. The van der Waals surface area contributed by atoms with Crippen molar-refractivity contribution in [3.8, 4) is 0 Å². The van der Waals surface area contributed by atoms with Crippen LogP contribution < -0.4 is 10.9 Å². The number of allylic oxidation sites excluding steroid dienone is 2. The van der Waals surface area contributed by atoms with E-state index in [0.717, 1.165) is 12.1 Å². The van der Waals surface area contributed by atoms with Crippen LogP contribution in [0.15, 0.2) is 45.5 Å². The Bertz CT molecular complexity index is 1200. The molecule has 2 atom stereocenters. The molecule has 0 spiro atoms. The molecule has 0 bridgehead atoms. The number of thioether (sulfide) groups is 1. The van der Waals surface area contributed by atoms with E-state index in [1.54, 1.807) is 12.1 Å². The first-order chi connectivity index (χ1) is 15.1. The van der Waals surface area contributed by atoms with Crippen molar-refractivity contribution in [2.75, 3.05) is 5.32 Å². The van der Waals surface area contributed by atoms with Gasteiger partial charge in [-0.2, -0.15) is 0 Å². The normalized spacial score (nSPS) is 20.2. The number of anilines is 1. The summed E-state index contributed by atoms with van der Waals surface area (Å²) in [5.41, 5.74) is 1.46. The van der Waals surface area contributed by atoms with E-state index < -0.39 is 10.8 Å². The number of nitrogens with one attached hydrogen (secondary N) is 2. The zero-order valence-electron chi connectivity index (χ0n) is 18.5. The topological polar surface area (TPSA) is 118 Å². The summed E-state index contributed by atoms with van der Waals surface area (Å²) in [7, 11) is 0. The van der Waals surface area contributed by atoms with E-state index >= 15 is 0 Å². The lowest BCUT2D eigenvalue weighted by Crippen LogP contribution is -2.37. The number of carbonyl (C=O) groups excluding carboxylic acids is 1. The molecule has 0 saturated carbocycles. The highest BCUT2D eigenvalue weighted by molar-refractivity contribution is 7.99. The fourth-order valence-corrected chi connectivity index (χ4v) is 5.22. The highest BCUT2D eigenvalue weighted by Crippen LogP contribution is 2.48. The molecule has 2 unspecified atom stereocenters. The number of hydrogen-bond acceptors (Lipinski definition) is 7. The molecule has 2 heterocycles. The standard InChI is InChI=1S/C23H26N4O4S/c1-5-12(2)32-22-25-20-19(21(29)26-22)17(13-7-6-8-14(9-13)27(30)31)18-15(24-20)10-23(3,4)11-16(18)28/h6-9,12,17H,5,10-11H2,1-4H3,(H2,24,25,26,29). The molecule has 32 heavy (non-hydrogen) atoms. The zero-order chi connectivity index (χ0) is 23.2. The maximum Gasteiger partial charge on any atom is 0.269 e. The smallest absolute Gasteiger partial charge is 0.269 e. The number of nitrogens with zero attached hydrogens (tertiary/aromatic N) is 2. The second-order valence-electron chi connectivity index (χ2n) is 9.21. The summed E-state index contributed by atoms with van der Waals surface area (Å²) in [6, 6.07) is 6.16. The summed E-state index contributed by atoms with van der Waals surface area (Å²) in [5.74, 6) is -0.340. The highest BCUT2D eigenvalue weighted by Gasteiger charge is 2.42. The average Bonchev–Trinajstić information content (AvgIpc) is 2.71. The molecular formula is C23H26N4O4S. The van der Waals surface area contributed by atoms with Crippen LogP contribution in [0.4, 0.5) is 11.5 Å². The molecular weight excluding hydrogens is 428 g/mol. The van der Waals surface area contributed by atoms with Gasteiger partial charge in [-0.15, -0.1) is 0 Å². The van der Waals surface area contributed by atoms with Gasteiger partial charge >= 0.3 is 0 Å². The van der Waals surface area contributed by atoms with Gasteiger partial charge in [0, 0.05) is 41.0 Å². The third kappa shape index (κ3) is 4.09. The fraction of sp³-hybridized carbons (Fsp3) is 0.435. The summed E-state index contributed by atoms with van der Waals surface area (Å²) in [6.45, 7) is 8.19. The third-order valence-electron chi connectivity index (χ3n) is 6.00. The molecule has 0 saturated heterocycles. The lowest BCUT2D eigenvalue weighted by molar-refractivity contribution is -0.384. The Hall–Kier alpha value is -2.94. The van der Waals surface area contributed by atoms with Crippen molar-refractivity contribution >= 4 is 29.1 Å². The molecule has 9 heteroatoms. The highest BCUT2D eigenvalue weighted by atomic mass is 32.2. The Morgan fingerprint density at radius 2 is 2.06 bits per heavy atom. The molecule has 2 aromatic rings. The monoisotopic (exact) mass is 454 g/mol.